The molecule has 3 aromatic carbocycles. The highest BCUT2D eigenvalue weighted by Crippen LogP contribution is 2.33. The minimum Gasteiger partial charge on any atom is -0.476 e. The van der Waals surface area contributed by atoms with Gasteiger partial charge in [-0.25, -0.2) is 5.01 Å². The first-order valence-corrected chi connectivity index (χ1v) is 10.1. The van der Waals surface area contributed by atoms with Crippen molar-refractivity contribution in [1.82, 2.24) is 5.43 Å². The fourth-order valence-corrected chi connectivity index (χ4v) is 3.28. The molecule has 34 heavy (non-hydrogen) atoms. The molecule has 0 aliphatic carbocycles. The summed E-state index contributed by atoms with van der Waals surface area (Å²) in [5.41, 5.74) is 2.92. The molecule has 1 aliphatic heterocycles. The molecular formula is C24H18N4O6. The Morgan fingerprint density at radius 1 is 1.00 bits per heavy atom. The third-order valence-electron chi connectivity index (χ3n) is 4.83. The lowest BCUT2D eigenvalue weighted by Gasteiger charge is -2.14. The number of carbonyl (C=O) groups excluding carboxylic acids is 3. The fraction of sp³-hybridized carbons (Fsp3) is 0.0417. The van der Waals surface area contributed by atoms with E-state index >= 15 is 0 Å². The van der Waals surface area contributed by atoms with Gasteiger partial charge in [-0.3, -0.25) is 29.9 Å². The Bertz CT molecular complexity index is 1290. The van der Waals surface area contributed by atoms with E-state index in [-0.39, 0.29) is 16.9 Å². The second-order valence-corrected chi connectivity index (χ2v) is 7.13. The number of amides is 3. The maximum absolute atomic E-state index is 12.9. The molecule has 170 valence electrons. The molecule has 3 aromatic rings. The lowest BCUT2D eigenvalue weighted by Crippen LogP contribution is -2.35. The molecule has 1 fully saturated rings. The van der Waals surface area contributed by atoms with Crippen LogP contribution >= 0.6 is 0 Å². The molecule has 1 saturated heterocycles. The molecular weight excluding hydrogens is 440 g/mol. The van der Waals surface area contributed by atoms with Crippen LogP contribution in [0.4, 0.5) is 17.1 Å². The van der Waals surface area contributed by atoms with Crippen molar-refractivity contribution in [3.05, 3.63) is 100 Å². The Labute approximate surface area is 193 Å². The number of nitro groups is 1. The first-order chi connectivity index (χ1) is 16.4. The summed E-state index contributed by atoms with van der Waals surface area (Å²) in [5.74, 6) is -2.07. The summed E-state index contributed by atoms with van der Waals surface area (Å²) in [6.45, 7) is -0.522. The van der Waals surface area contributed by atoms with Gasteiger partial charge < -0.3 is 10.1 Å². The van der Waals surface area contributed by atoms with Gasteiger partial charge in [0, 0.05) is 17.3 Å². The number of ether oxygens (including phenoxy) is 1. The van der Waals surface area contributed by atoms with Crippen LogP contribution in [0.3, 0.4) is 0 Å². The minimum atomic E-state index is -0.673. The van der Waals surface area contributed by atoms with Crippen molar-refractivity contribution in [2.24, 2.45) is 0 Å². The summed E-state index contributed by atoms with van der Waals surface area (Å²) in [6.07, 6.45) is 1.21. The smallest absolute Gasteiger partial charge is 0.311 e. The summed E-state index contributed by atoms with van der Waals surface area (Å²) in [7, 11) is 0. The van der Waals surface area contributed by atoms with Crippen LogP contribution in [0.1, 0.15) is 5.56 Å². The van der Waals surface area contributed by atoms with Gasteiger partial charge in [-0.2, -0.15) is 0 Å². The van der Waals surface area contributed by atoms with E-state index in [0.717, 1.165) is 5.01 Å². The molecule has 2 N–H and O–H groups in total. The number of nitrogens with one attached hydrogen (secondary N) is 2. The first-order valence-electron chi connectivity index (χ1n) is 10.1. The lowest BCUT2D eigenvalue weighted by atomic mass is 10.1. The monoisotopic (exact) mass is 458 g/mol. The van der Waals surface area contributed by atoms with Crippen molar-refractivity contribution in [2.75, 3.05) is 16.9 Å². The van der Waals surface area contributed by atoms with Gasteiger partial charge in [0.2, 0.25) is 5.75 Å². The van der Waals surface area contributed by atoms with Gasteiger partial charge in [0.25, 0.3) is 17.7 Å². The Balaban J connectivity index is 1.61. The van der Waals surface area contributed by atoms with Crippen LogP contribution in [0, 0.1) is 10.1 Å². The summed E-state index contributed by atoms with van der Waals surface area (Å²) in [4.78, 5) is 48.5. The number of benzene rings is 3. The van der Waals surface area contributed by atoms with Crippen LogP contribution in [0.2, 0.25) is 0 Å². The maximum Gasteiger partial charge on any atom is 0.311 e. The average molecular weight is 458 g/mol. The van der Waals surface area contributed by atoms with Gasteiger partial charge in [0.05, 0.1) is 10.6 Å². The predicted octanol–water partition coefficient (Wildman–Crippen LogP) is 3.07. The minimum absolute atomic E-state index is 0.107. The molecule has 10 heteroatoms. The highest BCUT2D eigenvalue weighted by Gasteiger charge is 2.35. The molecule has 4 rings (SSSR count). The molecule has 3 amide bonds. The van der Waals surface area contributed by atoms with Crippen LogP contribution in [0.5, 0.6) is 5.75 Å². The predicted molar refractivity (Wildman–Crippen MR) is 124 cm³/mol. The van der Waals surface area contributed by atoms with E-state index < -0.39 is 34.9 Å². The van der Waals surface area contributed by atoms with Gasteiger partial charge in [-0.1, -0.05) is 48.5 Å². The number of hydrazine groups is 1. The van der Waals surface area contributed by atoms with E-state index in [4.69, 9.17) is 4.74 Å². The third-order valence-corrected chi connectivity index (χ3v) is 4.83. The number of carbonyl (C=O) groups is 3. The topological polar surface area (TPSA) is 131 Å². The summed E-state index contributed by atoms with van der Waals surface area (Å²) >= 11 is 0. The van der Waals surface area contributed by atoms with Crippen LogP contribution < -0.4 is 20.5 Å². The first kappa shape index (κ1) is 22.2. The Morgan fingerprint density at radius 3 is 2.35 bits per heavy atom. The van der Waals surface area contributed by atoms with E-state index in [2.05, 4.69) is 10.7 Å². The molecule has 1 heterocycles. The Kier molecular flexibility index (Phi) is 6.31. The average Bonchev–Trinajstić information content (AvgIpc) is 3.12. The van der Waals surface area contributed by atoms with Gasteiger partial charge in [-0.05, 0) is 30.3 Å². The van der Waals surface area contributed by atoms with E-state index in [0.29, 0.717) is 11.4 Å². The molecule has 0 unspecified atom stereocenters. The zero-order chi connectivity index (χ0) is 24.1. The highest BCUT2D eigenvalue weighted by atomic mass is 16.6. The number of hydrogen-bond donors (Lipinski definition) is 2. The molecule has 0 saturated carbocycles. The number of nitro benzene ring substituents is 1. The molecule has 0 atom stereocenters. The lowest BCUT2D eigenvalue weighted by molar-refractivity contribution is -0.385. The fourth-order valence-electron chi connectivity index (χ4n) is 3.28. The van der Waals surface area contributed by atoms with Crippen LogP contribution in [0.25, 0.3) is 6.08 Å². The Morgan fingerprint density at radius 2 is 1.68 bits per heavy atom. The van der Waals surface area contributed by atoms with Gasteiger partial charge in [0.1, 0.15) is 5.57 Å². The molecule has 1 aliphatic rings. The van der Waals surface area contributed by atoms with Crippen molar-refractivity contribution in [3.63, 3.8) is 0 Å². The Hall–Kier alpha value is -4.99. The van der Waals surface area contributed by atoms with E-state index in [1.165, 1.54) is 24.3 Å². The zero-order valence-corrected chi connectivity index (χ0v) is 17.6. The van der Waals surface area contributed by atoms with E-state index in [1.54, 1.807) is 60.7 Å². The van der Waals surface area contributed by atoms with Gasteiger partial charge in [0.15, 0.2) is 6.61 Å². The van der Waals surface area contributed by atoms with Crippen LogP contribution in [0.15, 0.2) is 84.4 Å². The van der Waals surface area contributed by atoms with Gasteiger partial charge in [-0.15, -0.1) is 0 Å². The zero-order valence-electron chi connectivity index (χ0n) is 17.6. The van der Waals surface area contributed by atoms with Crippen molar-refractivity contribution in [1.29, 1.82) is 0 Å². The molecule has 10 nitrogen and oxygen atoms in total. The molecule has 0 bridgehead atoms. The quantitative estimate of drug-likeness (QED) is 0.242. The van der Waals surface area contributed by atoms with Crippen molar-refractivity contribution in [2.45, 2.75) is 0 Å². The number of hydrogen-bond acceptors (Lipinski definition) is 6. The summed E-state index contributed by atoms with van der Waals surface area (Å²) < 4.78 is 5.50. The van der Waals surface area contributed by atoms with Crippen LogP contribution in [-0.2, 0) is 14.4 Å². The SMILES string of the molecule is O=C(COc1c(/C=C2/C(=O)NN(c3ccccc3)C2=O)cccc1[N+](=O)[O-])Nc1ccccc1. The number of rotatable bonds is 7. The molecule has 0 aromatic heterocycles. The van der Waals surface area contributed by atoms with Gasteiger partial charge >= 0.3 is 5.69 Å². The second kappa shape index (κ2) is 9.65. The maximum atomic E-state index is 12.9. The number of anilines is 2. The molecule has 0 spiro atoms. The molecule has 0 radical (unpaired) electrons. The van der Waals surface area contributed by atoms with E-state index in [1.807, 2.05) is 0 Å². The van der Waals surface area contributed by atoms with Crippen molar-refractivity contribution in [3.8, 4) is 5.75 Å². The van der Waals surface area contributed by atoms with Crippen LogP contribution in [-0.4, -0.2) is 29.3 Å². The number of nitrogens with zero attached hydrogens (tertiary/aromatic N) is 2. The number of para-hydroxylation sites is 3. The largest absolute Gasteiger partial charge is 0.476 e. The highest BCUT2D eigenvalue weighted by molar-refractivity contribution is 6.31. The van der Waals surface area contributed by atoms with Crippen molar-refractivity contribution < 1.29 is 24.0 Å². The third kappa shape index (κ3) is 4.75. The summed E-state index contributed by atoms with van der Waals surface area (Å²) in [6, 6.07) is 21.2. The summed E-state index contributed by atoms with van der Waals surface area (Å²) in [5, 5.41) is 15.3. The second-order valence-electron chi connectivity index (χ2n) is 7.13. The van der Waals surface area contributed by atoms with Crippen molar-refractivity contribution >= 4 is 40.9 Å². The standard InChI is InChI=1S/C24H18N4O6/c29-21(25-17-9-3-1-4-10-17)15-34-22-16(8-7-13-20(22)28(32)33)14-19-23(30)26-27(24(19)31)18-11-5-2-6-12-18/h1-14H,15H2,(H,25,29)(H,26,30)/b19-14-. The van der Waals surface area contributed by atoms with E-state index in [9.17, 15) is 24.5 Å². The normalized spacial score (nSPS) is 14.1.